The maximum absolute atomic E-state index is 14.0. The van der Waals surface area contributed by atoms with E-state index in [0.29, 0.717) is 124 Å². The molecule has 141 heavy (non-hydrogen) atoms. The summed E-state index contributed by atoms with van der Waals surface area (Å²) in [7, 11) is 7.19. The number of aromatic amines is 3. The lowest BCUT2D eigenvalue weighted by Gasteiger charge is -2.32. The fourth-order valence-corrected chi connectivity index (χ4v) is 24.5. The van der Waals surface area contributed by atoms with E-state index >= 15 is 0 Å². The molecule has 0 saturated carbocycles. The second-order valence-corrected chi connectivity index (χ2v) is 41.9. The summed E-state index contributed by atoms with van der Waals surface area (Å²) in [5, 5.41) is 36.0. The molecular formula is C101H111N29O8S3. The predicted molar refractivity (Wildman–Crippen MR) is 539 cm³/mol. The monoisotopic (exact) mass is 1950 g/mol. The highest BCUT2D eigenvalue weighted by Crippen LogP contribution is 2.48. The van der Waals surface area contributed by atoms with Crippen molar-refractivity contribution in [2.45, 2.75) is 96.5 Å². The van der Waals surface area contributed by atoms with Gasteiger partial charge in [0.1, 0.15) is 69.9 Å². The van der Waals surface area contributed by atoms with Gasteiger partial charge in [-0.1, -0.05) is 24.8 Å². The van der Waals surface area contributed by atoms with E-state index in [4.69, 9.17) is 29.2 Å². The van der Waals surface area contributed by atoms with E-state index in [1.165, 1.54) is 31.4 Å². The summed E-state index contributed by atoms with van der Waals surface area (Å²) in [4.78, 5) is 131. The van der Waals surface area contributed by atoms with Crippen molar-refractivity contribution in [1.82, 2.24) is 129 Å². The Hall–Kier alpha value is -13.8. The topological polar surface area (TPSA) is 385 Å². The molecular weight excluding hydrogens is 1840 g/mol. The summed E-state index contributed by atoms with van der Waals surface area (Å²) < 4.78 is 21.6. The zero-order valence-corrected chi connectivity index (χ0v) is 82.2. The predicted octanol–water partition coefficient (Wildman–Crippen LogP) is 12.5. The Morgan fingerprint density at radius 2 is 0.865 bits per heavy atom. The van der Waals surface area contributed by atoms with Crippen molar-refractivity contribution in [3.63, 3.8) is 0 Å². The highest BCUT2D eigenvalue weighted by Gasteiger charge is 2.55. The number of ether oxygens (including phenoxy) is 3. The van der Waals surface area contributed by atoms with Gasteiger partial charge in [0.2, 0.25) is 41.3 Å². The number of methoxy groups -OCH3 is 1. The van der Waals surface area contributed by atoms with Gasteiger partial charge in [0.15, 0.2) is 17.5 Å². The summed E-state index contributed by atoms with van der Waals surface area (Å²) >= 11 is 5.12. The Morgan fingerprint density at radius 1 is 0.461 bits per heavy atom. The number of fused-ring (bicyclic) bond motifs is 3. The van der Waals surface area contributed by atoms with Gasteiger partial charge in [0.05, 0.1) is 73.9 Å². The molecule has 0 unspecified atom stereocenters. The number of aryl methyl sites for hydroxylation is 3. The van der Waals surface area contributed by atoms with Gasteiger partial charge in [-0.05, 0) is 206 Å². The molecule has 14 aromatic heterocycles. The minimum absolute atomic E-state index is 0.0339. The van der Waals surface area contributed by atoms with Crippen molar-refractivity contribution in [1.29, 1.82) is 0 Å². The van der Waals surface area contributed by atoms with E-state index in [9.17, 15) is 24.0 Å². The number of carbonyl (C=O) groups excluding carboxylic acids is 5. The molecule has 726 valence electrons. The second kappa shape index (κ2) is 38.7. The first-order valence-electron chi connectivity index (χ1n) is 48.4. The Morgan fingerprint density at radius 3 is 1.26 bits per heavy atom. The SMILES string of the molecule is C=C(CN1CC[C@]2(CCN(c3ccc4n[nH]c(C5CCOCC5)c4n3)C2=O)C1)N1CC=C(c2ccc(-c3ncn(C)n3)s2)CC1.CC(C)Oc1ccc(-c2n[nH]c3ccc(N4CC[C@]5(CCN(CC(=O)N6CC=C(c7ccc(-c8ncn(C)n8)s7)CC6)C5)C4=O)nc23)cn1.COc1ccc(-c2n[nH]c3ccc(N4CC[C@]5(CCN(CC(=O)N6CC=C(c7ccc(-c8ncn(C)n8)s7)CC6)C5)C4=O)nc23)cn1. The molecule has 10 aliphatic rings. The number of nitrogens with one attached hydrogen (secondary N) is 3. The van der Waals surface area contributed by atoms with Crippen molar-refractivity contribution in [3.05, 3.63) is 179 Å². The molecule has 0 aliphatic carbocycles. The van der Waals surface area contributed by atoms with Crippen molar-refractivity contribution in [2.75, 3.05) is 153 Å². The highest BCUT2D eigenvalue weighted by molar-refractivity contribution is 7.17. The van der Waals surface area contributed by atoms with Gasteiger partial charge in [-0.2, -0.15) is 30.6 Å². The van der Waals surface area contributed by atoms with E-state index in [-0.39, 0.29) is 41.1 Å². The molecule has 5 amide bonds. The maximum atomic E-state index is 14.0. The van der Waals surface area contributed by atoms with Crippen molar-refractivity contribution >= 4 is 131 Å². The summed E-state index contributed by atoms with van der Waals surface area (Å²) in [5.74, 6) is 6.24. The third-order valence-electron chi connectivity index (χ3n) is 29.2. The van der Waals surface area contributed by atoms with Gasteiger partial charge in [-0.25, -0.2) is 39.9 Å². The summed E-state index contributed by atoms with van der Waals surface area (Å²) in [6, 6.07) is 31.6. The molecule has 10 aliphatic heterocycles. The van der Waals surface area contributed by atoms with Crippen LogP contribution < -0.4 is 24.2 Å². The fraction of sp³-hybridized carbons (Fsp3) is 0.416. The zero-order chi connectivity index (χ0) is 96.4. The third-order valence-corrected chi connectivity index (χ3v) is 32.7. The first-order chi connectivity index (χ1) is 68.6. The number of aromatic nitrogens is 20. The summed E-state index contributed by atoms with van der Waals surface area (Å²) in [6.45, 7) is 21.9. The molecule has 24 rings (SSSR count). The van der Waals surface area contributed by atoms with Gasteiger partial charge in [0, 0.05) is 181 Å². The number of hydrogen-bond acceptors (Lipinski definition) is 29. The molecule has 0 radical (unpaired) electrons. The number of pyridine rings is 5. The Balaban J connectivity index is 0.000000121. The lowest BCUT2D eigenvalue weighted by Crippen LogP contribution is -2.43. The number of rotatable bonds is 22. The number of hydrogen-bond donors (Lipinski definition) is 3. The molecule has 3 spiro atoms. The van der Waals surface area contributed by atoms with Crippen molar-refractivity contribution in [2.24, 2.45) is 37.4 Å². The number of amides is 5. The van der Waals surface area contributed by atoms with Crippen LogP contribution in [-0.4, -0.2) is 303 Å². The zero-order valence-electron chi connectivity index (χ0n) is 79.8. The summed E-state index contributed by atoms with van der Waals surface area (Å²) in [6.07, 6.45) is 24.5. The van der Waals surface area contributed by atoms with Crippen LogP contribution in [0.3, 0.4) is 0 Å². The van der Waals surface area contributed by atoms with E-state index in [1.54, 1.807) is 102 Å². The van der Waals surface area contributed by atoms with E-state index in [1.807, 2.05) is 104 Å². The average molecular weight is 1960 g/mol. The summed E-state index contributed by atoms with van der Waals surface area (Å²) in [5.41, 5.74) is 12.4. The molecule has 3 N–H and O–H groups in total. The number of nitrogens with zero attached hydrogens (tertiary/aromatic N) is 26. The van der Waals surface area contributed by atoms with Crippen LogP contribution in [0, 0.1) is 16.2 Å². The molecule has 24 heterocycles. The number of H-pyrrole nitrogens is 3. The Kier molecular flexibility index (Phi) is 25.3. The first-order valence-corrected chi connectivity index (χ1v) is 50.9. The average Bonchev–Trinajstić information content (AvgIpc) is 1.60. The Labute approximate surface area is 825 Å². The van der Waals surface area contributed by atoms with Gasteiger partial charge < -0.3 is 28.9 Å². The number of carbonyl (C=O) groups is 5. The van der Waals surface area contributed by atoms with Crippen LogP contribution in [0.1, 0.15) is 111 Å². The van der Waals surface area contributed by atoms with Crippen LogP contribution in [0.5, 0.6) is 11.8 Å². The maximum Gasteiger partial charge on any atom is 0.237 e. The van der Waals surface area contributed by atoms with E-state index in [0.717, 1.165) is 212 Å². The van der Waals surface area contributed by atoms with Gasteiger partial charge in [-0.15, -0.1) is 34.0 Å². The normalized spacial score (nSPS) is 21.0. The smallest absolute Gasteiger partial charge is 0.237 e. The molecule has 7 saturated heterocycles. The van der Waals surface area contributed by atoms with Crippen LogP contribution in [0.2, 0.25) is 0 Å². The second-order valence-electron chi connectivity index (χ2n) is 38.7. The quantitative estimate of drug-likeness (QED) is 0.0567. The van der Waals surface area contributed by atoms with Gasteiger partial charge in [0.25, 0.3) is 0 Å². The molecule has 14 aromatic rings. The largest absolute Gasteiger partial charge is 0.481 e. The van der Waals surface area contributed by atoms with Gasteiger partial charge >= 0.3 is 0 Å². The van der Waals surface area contributed by atoms with E-state index in [2.05, 4.69) is 152 Å². The molecule has 0 aromatic carbocycles. The minimum atomic E-state index is -0.499. The van der Waals surface area contributed by atoms with Gasteiger partial charge in [-0.3, -0.25) is 82.7 Å². The standard InChI is InChI=1S/C35H38N10O3S.C33H34N10O3S.C33H39N9O2S/c1-22(2)48-29-9-4-24(18-36-29)31-32-25(39-40-31)5-8-28(38-32)45-17-13-35(34(45)47)12-16-43(20-35)19-30(46)44-14-10-23(11-15-44)26-6-7-27(49-26)33-37-21-42(3)41-33;1-40-20-35-31(39-40)25-6-5-24(47-25)21-9-13-42(14-10-21)28(44)18-41-15-11-33(19-41)12-16-43(32(33)45)26-7-4-23-30(36-26)29(38-37-23)22-3-8-27(46-2)34-17-22;1-22(41-13-7-23(8-14-41)26-4-5-27(45-26)31-34-21-39(2)38-31)19-40-15-11-33(20-40)12-16-42(32(33)43)28-6-3-25-30(35-28)29(37-36-25)24-9-17-44-18-10-24/h4-10,18,21-22H,11-17,19-20H2,1-3H3,(H,39,40);3-9,17,20H,10-16,18-19H2,1-2H3,(H,37,38);3-7,21,24H,1,8-20H2,2H3,(H,36,37)/t35-;2*33-/m000/s1. The molecule has 37 nitrogen and oxygen atoms in total. The first kappa shape index (κ1) is 92.3. The van der Waals surface area contributed by atoms with Crippen molar-refractivity contribution in [3.8, 4) is 66.4 Å². The van der Waals surface area contributed by atoms with Crippen LogP contribution in [0.15, 0.2) is 159 Å². The molecule has 3 atom stereocenters. The van der Waals surface area contributed by atoms with Crippen LogP contribution in [0.4, 0.5) is 17.5 Å². The lowest BCUT2D eigenvalue weighted by molar-refractivity contribution is -0.133. The molecule has 7 fully saturated rings. The fourth-order valence-electron chi connectivity index (χ4n) is 21.4. The Bertz CT molecular complexity index is 7190. The highest BCUT2D eigenvalue weighted by atomic mass is 32.1. The van der Waals surface area contributed by atoms with Crippen LogP contribution >= 0.6 is 34.0 Å². The van der Waals surface area contributed by atoms with Crippen LogP contribution in [-0.2, 0) is 49.9 Å². The molecule has 0 bridgehead atoms. The number of anilines is 3. The lowest BCUT2D eigenvalue weighted by atomic mass is 9.85. The van der Waals surface area contributed by atoms with Crippen LogP contribution in [0.25, 0.3) is 104 Å². The number of likely N-dealkylation sites (tertiary alicyclic amines) is 3. The molecule has 40 heteroatoms. The number of thiophene rings is 3. The van der Waals surface area contributed by atoms with E-state index < -0.39 is 10.8 Å². The minimum Gasteiger partial charge on any atom is -0.481 e. The van der Waals surface area contributed by atoms with Crippen molar-refractivity contribution < 1.29 is 38.2 Å². The third kappa shape index (κ3) is 18.6.